The lowest BCUT2D eigenvalue weighted by atomic mass is 9.70. The Morgan fingerprint density at radius 1 is 0.415 bits per heavy atom. The van der Waals surface area contributed by atoms with E-state index in [4.69, 9.17) is 0 Å². The summed E-state index contributed by atoms with van der Waals surface area (Å²) in [4.78, 5) is 0. The molecular weight excluding hydrogens is 693 g/mol. The summed E-state index contributed by atoms with van der Waals surface area (Å²) in [5.41, 5.74) is 3.81. The molecule has 4 fully saturated rings. The lowest BCUT2D eigenvalue weighted by Crippen LogP contribution is -2.53. The summed E-state index contributed by atoms with van der Waals surface area (Å²) in [6, 6.07) is 47.5. The van der Waals surface area contributed by atoms with Crippen molar-refractivity contribution in [1.29, 1.82) is 0 Å². The fourth-order valence-electron chi connectivity index (χ4n) is 12.3. The Morgan fingerprint density at radius 2 is 0.849 bits per heavy atom. The average molecular weight is 755 g/mol. The third-order valence-electron chi connectivity index (χ3n) is 14.4. The minimum atomic E-state index is -0.603. The molecule has 0 aliphatic heterocycles. The molecule has 3 unspecified atom stereocenters. The highest BCUT2D eigenvalue weighted by molar-refractivity contribution is 7.78. The van der Waals surface area contributed by atoms with Crippen LogP contribution in [0.1, 0.15) is 103 Å². The predicted octanol–water partition coefficient (Wildman–Crippen LogP) is 12.7. The van der Waals surface area contributed by atoms with Crippen molar-refractivity contribution in [3.63, 3.8) is 0 Å². The van der Waals surface area contributed by atoms with Gasteiger partial charge in [0.05, 0.1) is 0 Å². The molecule has 4 aromatic rings. The number of rotatable bonds is 10. The van der Waals surface area contributed by atoms with Gasteiger partial charge in [-0.3, -0.25) is 0 Å². The normalized spacial score (nSPS) is 29.6. The van der Waals surface area contributed by atoms with E-state index in [1.807, 2.05) is 0 Å². The predicted molar refractivity (Wildman–Crippen MR) is 236 cm³/mol. The van der Waals surface area contributed by atoms with Crippen LogP contribution in [0.4, 0.5) is 0 Å². The maximum atomic E-state index is 2.86. The van der Waals surface area contributed by atoms with Crippen LogP contribution in [0.5, 0.6) is 0 Å². The summed E-state index contributed by atoms with van der Waals surface area (Å²) in [7, 11) is -1.01. The molecule has 2 bridgehead atoms. The largest absolute Gasteiger partial charge is 0.0971 e. The van der Waals surface area contributed by atoms with Gasteiger partial charge in [-0.05, 0) is 136 Å². The SMILES string of the molecule is C1=CC(C2CCC(P(C3CCCCC3)C3CCCCC3)CC2)C2(P(c3ccccc3)c3ccccc3)CCC1[C@@H]2P(c1ccccc1)c1ccccc1. The van der Waals surface area contributed by atoms with Crippen molar-refractivity contribution < 1.29 is 0 Å². The quantitative estimate of drug-likeness (QED) is 0.112. The molecule has 0 N–H and O–H groups in total. The maximum Gasteiger partial charge on any atom is 0.0130 e. The summed E-state index contributed by atoms with van der Waals surface area (Å²) in [6.45, 7) is 0. The molecule has 0 nitrogen and oxygen atoms in total. The van der Waals surface area contributed by atoms with Crippen LogP contribution in [0.3, 0.4) is 0 Å². The minimum Gasteiger partial charge on any atom is -0.0971 e. The first-order valence-electron chi connectivity index (χ1n) is 21.6. The van der Waals surface area contributed by atoms with E-state index in [9.17, 15) is 0 Å². The van der Waals surface area contributed by atoms with Gasteiger partial charge in [0.1, 0.15) is 0 Å². The summed E-state index contributed by atoms with van der Waals surface area (Å²) < 4.78 is 0. The third-order valence-corrected chi connectivity index (χ3v) is 25.0. The van der Waals surface area contributed by atoms with E-state index in [2.05, 4.69) is 133 Å². The van der Waals surface area contributed by atoms with Crippen molar-refractivity contribution in [1.82, 2.24) is 0 Å². The molecule has 4 aromatic carbocycles. The van der Waals surface area contributed by atoms with Crippen molar-refractivity contribution >= 4 is 45.0 Å². The van der Waals surface area contributed by atoms with Crippen LogP contribution in [0.25, 0.3) is 0 Å². The van der Waals surface area contributed by atoms with Gasteiger partial charge in [0.15, 0.2) is 0 Å². The van der Waals surface area contributed by atoms with Gasteiger partial charge in [0.2, 0.25) is 0 Å². The Morgan fingerprint density at radius 3 is 1.32 bits per heavy atom. The molecule has 9 rings (SSSR count). The first-order valence-corrected chi connectivity index (χ1v) is 25.9. The van der Waals surface area contributed by atoms with E-state index in [0.29, 0.717) is 17.5 Å². The topological polar surface area (TPSA) is 0 Å². The molecule has 0 saturated heterocycles. The Hall–Kier alpha value is -2.09. The Labute approximate surface area is 325 Å². The Kier molecular flexibility index (Phi) is 11.7. The second kappa shape index (κ2) is 17.0. The van der Waals surface area contributed by atoms with Gasteiger partial charge < -0.3 is 0 Å². The van der Waals surface area contributed by atoms with Crippen LogP contribution in [0.2, 0.25) is 0 Å². The third kappa shape index (κ3) is 7.34. The molecule has 0 radical (unpaired) electrons. The fourth-order valence-corrected chi connectivity index (χ4v) is 24.5. The standard InChI is InChI=1S/C50H61P3/c1-7-19-41(20-8-1)51(42-21-9-2-10-22-42)45-34-31-39(32-35-45)48-36-33-40-37-38-50(48,53(46-27-15-5-16-28-46)47-29-17-6-18-30-47)49(40)52(43-23-11-3-12-24-43)44-25-13-4-14-26-44/h3-6,11-18,23-30,33,36,39-42,45,48-49H,1-2,7-10,19-22,31-32,34-35,37-38H2/t39?,40?,45?,48?,49-,50?/m0/s1. The van der Waals surface area contributed by atoms with Gasteiger partial charge in [0.25, 0.3) is 0 Å². The summed E-state index contributed by atoms with van der Waals surface area (Å²) >= 11 is 0. The van der Waals surface area contributed by atoms with Crippen LogP contribution in [0, 0.1) is 17.8 Å². The molecule has 0 heterocycles. The summed E-state index contributed by atoms with van der Waals surface area (Å²) in [6.07, 6.45) is 29.5. The molecule has 0 aromatic heterocycles. The Bertz CT molecular complexity index is 1640. The summed E-state index contributed by atoms with van der Waals surface area (Å²) in [5.74, 6) is 2.06. The van der Waals surface area contributed by atoms with E-state index < -0.39 is 15.8 Å². The second-order valence-electron chi connectivity index (χ2n) is 17.2. The van der Waals surface area contributed by atoms with Crippen molar-refractivity contribution in [2.24, 2.45) is 17.8 Å². The molecule has 0 amide bonds. The number of hydrogen-bond acceptors (Lipinski definition) is 0. The maximum absolute atomic E-state index is 2.86. The molecule has 53 heavy (non-hydrogen) atoms. The van der Waals surface area contributed by atoms with Gasteiger partial charge >= 0.3 is 0 Å². The number of allylic oxidation sites excluding steroid dienone is 2. The zero-order valence-electron chi connectivity index (χ0n) is 31.9. The molecule has 3 heteroatoms. The average Bonchev–Trinajstić information content (AvgIpc) is 3.47. The lowest BCUT2D eigenvalue weighted by molar-refractivity contribution is 0.235. The molecule has 5 aliphatic carbocycles. The van der Waals surface area contributed by atoms with E-state index >= 15 is 0 Å². The number of benzene rings is 4. The Balaban J connectivity index is 1.13. The van der Waals surface area contributed by atoms with Crippen LogP contribution in [-0.4, -0.2) is 27.8 Å². The number of fused-ring (bicyclic) bond motifs is 2. The first kappa shape index (κ1) is 36.5. The van der Waals surface area contributed by atoms with Crippen molar-refractivity contribution in [3.8, 4) is 0 Å². The highest BCUT2D eigenvalue weighted by Crippen LogP contribution is 2.73. The van der Waals surface area contributed by atoms with E-state index in [1.54, 1.807) is 46.9 Å². The minimum absolute atomic E-state index is 0.154. The smallest absolute Gasteiger partial charge is 0.0130 e. The fraction of sp³-hybridized carbons (Fsp3) is 0.480. The molecule has 5 aliphatic rings. The molecule has 276 valence electrons. The zero-order chi connectivity index (χ0) is 35.5. The highest BCUT2D eigenvalue weighted by atomic mass is 31.1. The van der Waals surface area contributed by atoms with Gasteiger partial charge in [0, 0.05) is 10.8 Å². The highest BCUT2D eigenvalue weighted by Gasteiger charge is 2.62. The lowest BCUT2D eigenvalue weighted by Gasteiger charge is -2.56. The van der Waals surface area contributed by atoms with E-state index in [1.165, 1.54) is 77.0 Å². The van der Waals surface area contributed by atoms with Gasteiger partial charge in [-0.2, -0.15) is 0 Å². The molecule has 4 atom stereocenters. The second-order valence-corrected chi connectivity index (χ2v) is 25.1. The monoisotopic (exact) mass is 754 g/mol. The van der Waals surface area contributed by atoms with E-state index in [0.717, 1.165) is 22.9 Å². The van der Waals surface area contributed by atoms with Crippen LogP contribution in [0.15, 0.2) is 133 Å². The van der Waals surface area contributed by atoms with Gasteiger partial charge in [-0.1, -0.05) is 180 Å². The van der Waals surface area contributed by atoms with Gasteiger partial charge in [-0.25, -0.2) is 0 Å². The van der Waals surface area contributed by atoms with Crippen molar-refractivity contribution in [2.75, 3.05) is 0 Å². The molecule has 4 saturated carbocycles. The van der Waals surface area contributed by atoms with Crippen LogP contribution >= 0.6 is 23.8 Å². The van der Waals surface area contributed by atoms with Crippen LogP contribution in [-0.2, 0) is 0 Å². The van der Waals surface area contributed by atoms with E-state index in [-0.39, 0.29) is 13.1 Å². The van der Waals surface area contributed by atoms with Crippen LogP contribution < -0.4 is 21.2 Å². The zero-order valence-corrected chi connectivity index (χ0v) is 34.6. The summed E-state index contributed by atoms with van der Waals surface area (Å²) in [5, 5.41) is 6.58. The molecular formula is C50H61P3. The van der Waals surface area contributed by atoms with Gasteiger partial charge in [-0.15, -0.1) is 0 Å². The van der Waals surface area contributed by atoms with Crippen molar-refractivity contribution in [2.45, 2.75) is 131 Å². The molecule has 0 spiro atoms. The van der Waals surface area contributed by atoms with Crippen molar-refractivity contribution in [3.05, 3.63) is 133 Å². The number of hydrogen-bond donors (Lipinski definition) is 0. The first-order chi connectivity index (χ1) is 26.3.